The number of hydrogen-bond acceptors (Lipinski definition) is 8. The van der Waals surface area contributed by atoms with Crippen molar-refractivity contribution in [2.75, 3.05) is 23.3 Å². The average molecular weight is 495 g/mol. The molecule has 0 bridgehead atoms. The number of nitrogens with zero attached hydrogens (tertiary/aromatic N) is 7. The van der Waals surface area contributed by atoms with Crippen LogP contribution in [-0.2, 0) is 4.79 Å². The Hall–Kier alpha value is -4.78. The first kappa shape index (κ1) is 23.9. The molecule has 0 saturated carbocycles. The second-order valence-electron chi connectivity index (χ2n) is 9.05. The van der Waals surface area contributed by atoms with Gasteiger partial charge in [0.15, 0.2) is 0 Å². The first-order valence-corrected chi connectivity index (χ1v) is 12.0. The zero-order chi connectivity index (χ0) is 25.9. The maximum Gasteiger partial charge on any atom is 0.306 e. The van der Waals surface area contributed by atoms with Crippen LogP contribution in [0, 0.1) is 31.1 Å². The summed E-state index contributed by atoms with van der Waals surface area (Å²) in [6, 6.07) is 15.7. The molecule has 186 valence electrons. The Labute approximate surface area is 214 Å². The molecule has 1 aliphatic heterocycles. The van der Waals surface area contributed by atoms with Crippen molar-refractivity contribution in [1.29, 1.82) is 5.26 Å². The third-order valence-corrected chi connectivity index (χ3v) is 6.65. The van der Waals surface area contributed by atoms with Crippen molar-refractivity contribution < 1.29 is 9.90 Å². The van der Waals surface area contributed by atoms with E-state index in [-0.39, 0.29) is 5.92 Å². The minimum absolute atomic E-state index is 0.318. The number of anilines is 3. The monoisotopic (exact) mass is 494 g/mol. The van der Waals surface area contributed by atoms with Gasteiger partial charge in [-0.05, 0) is 74.7 Å². The van der Waals surface area contributed by atoms with Crippen LogP contribution in [-0.4, -0.2) is 48.9 Å². The van der Waals surface area contributed by atoms with Crippen LogP contribution in [0.2, 0.25) is 0 Å². The fourth-order valence-corrected chi connectivity index (χ4v) is 4.51. The molecule has 2 aromatic heterocycles. The largest absolute Gasteiger partial charge is 0.481 e. The van der Waals surface area contributed by atoms with Gasteiger partial charge in [-0.25, -0.2) is 19.6 Å². The van der Waals surface area contributed by atoms with E-state index in [2.05, 4.69) is 31.4 Å². The Morgan fingerprint density at radius 2 is 1.84 bits per heavy atom. The summed E-state index contributed by atoms with van der Waals surface area (Å²) < 4.78 is 1.71. The number of benzene rings is 2. The molecule has 0 atom stereocenters. The summed E-state index contributed by atoms with van der Waals surface area (Å²) in [6.45, 7) is 5.01. The van der Waals surface area contributed by atoms with Gasteiger partial charge in [-0.3, -0.25) is 4.79 Å². The van der Waals surface area contributed by atoms with Crippen molar-refractivity contribution in [2.24, 2.45) is 5.92 Å². The molecule has 4 aromatic rings. The maximum absolute atomic E-state index is 11.3. The van der Waals surface area contributed by atoms with E-state index in [1.165, 1.54) is 0 Å². The molecular weight excluding hydrogens is 468 g/mol. The van der Waals surface area contributed by atoms with E-state index < -0.39 is 5.97 Å². The Balaban J connectivity index is 1.39. The van der Waals surface area contributed by atoms with Crippen molar-refractivity contribution in [3.63, 3.8) is 0 Å². The van der Waals surface area contributed by atoms with Gasteiger partial charge in [-0.15, -0.1) is 0 Å². The lowest BCUT2D eigenvalue weighted by molar-refractivity contribution is -0.142. The van der Waals surface area contributed by atoms with Crippen molar-refractivity contribution in [3.05, 3.63) is 71.9 Å². The number of carboxylic acids is 1. The summed E-state index contributed by atoms with van der Waals surface area (Å²) in [5.74, 6) is 0.0797. The molecule has 2 aromatic carbocycles. The standard InChI is InChI=1S/C27H26N8O2/c1-17-20(15-28)13-23(34-11-8-19(9-12-34)26(36)37)14-24(17)25-7-10-29-27(32-25)31-21-3-5-22(6-4-21)35-16-30-18(2)33-35/h3-7,10,13-14,16,19H,8-9,11-12H2,1-2H3,(H,36,37)(H,29,31,32). The normalized spacial score (nSPS) is 13.8. The molecule has 10 nitrogen and oxygen atoms in total. The van der Waals surface area contributed by atoms with E-state index >= 15 is 0 Å². The molecule has 37 heavy (non-hydrogen) atoms. The molecular formula is C27H26N8O2. The Morgan fingerprint density at radius 1 is 1.08 bits per heavy atom. The summed E-state index contributed by atoms with van der Waals surface area (Å²) >= 11 is 0. The first-order valence-electron chi connectivity index (χ1n) is 12.0. The van der Waals surface area contributed by atoms with E-state index in [4.69, 9.17) is 4.98 Å². The number of piperidine rings is 1. The minimum atomic E-state index is -0.744. The van der Waals surface area contributed by atoms with Gasteiger partial charge in [0.25, 0.3) is 0 Å². The lowest BCUT2D eigenvalue weighted by atomic mass is 9.94. The molecule has 1 fully saturated rings. The number of rotatable bonds is 6. The number of aromatic nitrogens is 5. The quantitative estimate of drug-likeness (QED) is 0.403. The Morgan fingerprint density at radius 3 is 2.49 bits per heavy atom. The molecule has 3 heterocycles. The number of nitrogens with one attached hydrogen (secondary N) is 1. The van der Waals surface area contributed by atoms with Crippen molar-refractivity contribution in [3.8, 4) is 23.0 Å². The number of aliphatic carboxylic acids is 1. The van der Waals surface area contributed by atoms with Gasteiger partial charge >= 0.3 is 5.97 Å². The summed E-state index contributed by atoms with van der Waals surface area (Å²) in [6.07, 6.45) is 4.52. The van der Waals surface area contributed by atoms with Gasteiger partial charge in [-0.2, -0.15) is 10.4 Å². The highest BCUT2D eigenvalue weighted by Crippen LogP contribution is 2.32. The number of carboxylic acid groups (broad SMARTS) is 1. The van der Waals surface area contributed by atoms with Crippen LogP contribution in [0.25, 0.3) is 16.9 Å². The lowest BCUT2D eigenvalue weighted by Crippen LogP contribution is -2.36. The molecule has 2 N–H and O–H groups in total. The van der Waals surface area contributed by atoms with Gasteiger partial charge in [-0.1, -0.05) is 0 Å². The smallest absolute Gasteiger partial charge is 0.306 e. The number of nitriles is 1. The molecule has 10 heteroatoms. The predicted octanol–water partition coefficient (Wildman–Crippen LogP) is 4.26. The zero-order valence-corrected chi connectivity index (χ0v) is 20.6. The molecule has 5 rings (SSSR count). The fraction of sp³-hybridized carbons (Fsp3) is 0.259. The first-order chi connectivity index (χ1) is 17.9. The molecule has 1 aliphatic rings. The molecule has 0 radical (unpaired) electrons. The van der Waals surface area contributed by atoms with E-state index in [0.29, 0.717) is 49.0 Å². The molecule has 0 unspecified atom stereocenters. The molecule has 0 amide bonds. The van der Waals surface area contributed by atoms with E-state index in [9.17, 15) is 15.2 Å². The van der Waals surface area contributed by atoms with E-state index in [1.807, 2.05) is 56.3 Å². The van der Waals surface area contributed by atoms with Gasteiger partial charge in [0.2, 0.25) is 5.95 Å². The summed E-state index contributed by atoms with van der Waals surface area (Å²) in [5.41, 5.74) is 5.56. The van der Waals surface area contributed by atoms with Gasteiger partial charge in [0.05, 0.1) is 28.9 Å². The third kappa shape index (κ3) is 5.11. The van der Waals surface area contributed by atoms with Crippen LogP contribution in [0.1, 0.15) is 29.8 Å². The highest BCUT2D eigenvalue weighted by atomic mass is 16.4. The highest BCUT2D eigenvalue weighted by molar-refractivity contribution is 5.74. The Kier molecular flexibility index (Phi) is 6.51. The topological polar surface area (TPSA) is 133 Å². The van der Waals surface area contributed by atoms with Gasteiger partial charge in [0.1, 0.15) is 12.2 Å². The van der Waals surface area contributed by atoms with Crippen LogP contribution >= 0.6 is 0 Å². The van der Waals surface area contributed by atoms with E-state index in [1.54, 1.807) is 17.2 Å². The van der Waals surface area contributed by atoms with Gasteiger partial charge in [0, 0.05) is 36.2 Å². The minimum Gasteiger partial charge on any atom is -0.481 e. The van der Waals surface area contributed by atoms with Crippen LogP contribution in [0.3, 0.4) is 0 Å². The Bertz CT molecular complexity index is 1480. The second kappa shape index (κ2) is 10.1. The highest BCUT2D eigenvalue weighted by Gasteiger charge is 2.25. The maximum atomic E-state index is 11.3. The zero-order valence-electron chi connectivity index (χ0n) is 20.6. The van der Waals surface area contributed by atoms with Crippen LogP contribution in [0.15, 0.2) is 55.0 Å². The number of hydrogen-bond donors (Lipinski definition) is 2. The molecule has 0 aliphatic carbocycles. The van der Waals surface area contributed by atoms with Crippen LogP contribution < -0.4 is 10.2 Å². The van der Waals surface area contributed by atoms with E-state index in [0.717, 1.165) is 28.2 Å². The number of aryl methyl sites for hydroxylation is 1. The van der Waals surface area contributed by atoms with Crippen LogP contribution in [0.4, 0.5) is 17.3 Å². The number of carbonyl (C=O) groups is 1. The summed E-state index contributed by atoms with van der Waals surface area (Å²) in [7, 11) is 0. The van der Waals surface area contributed by atoms with Crippen molar-refractivity contribution in [2.45, 2.75) is 26.7 Å². The SMILES string of the molecule is Cc1ncn(-c2ccc(Nc3nccc(-c4cc(N5CCC(C(=O)O)CC5)cc(C#N)c4C)n3)cc2)n1. The molecule has 1 saturated heterocycles. The second-order valence-corrected chi connectivity index (χ2v) is 9.05. The van der Waals surface area contributed by atoms with Gasteiger partial charge < -0.3 is 15.3 Å². The van der Waals surface area contributed by atoms with Crippen molar-refractivity contribution in [1.82, 2.24) is 24.7 Å². The molecule has 0 spiro atoms. The average Bonchev–Trinajstić information content (AvgIpc) is 3.35. The third-order valence-electron chi connectivity index (χ3n) is 6.65. The van der Waals surface area contributed by atoms with Crippen molar-refractivity contribution >= 4 is 23.3 Å². The lowest BCUT2D eigenvalue weighted by Gasteiger charge is -2.32. The fourth-order valence-electron chi connectivity index (χ4n) is 4.51. The summed E-state index contributed by atoms with van der Waals surface area (Å²) in [4.78, 5) is 26.7. The summed E-state index contributed by atoms with van der Waals surface area (Å²) in [5, 5.41) is 26.7. The van der Waals surface area contributed by atoms with Crippen LogP contribution in [0.5, 0.6) is 0 Å². The predicted molar refractivity (Wildman–Crippen MR) is 139 cm³/mol.